The number of methoxy groups -OCH3 is 1. The predicted octanol–water partition coefficient (Wildman–Crippen LogP) is 6.06. The lowest BCUT2D eigenvalue weighted by Gasteiger charge is -2.29. The summed E-state index contributed by atoms with van der Waals surface area (Å²) in [5.74, 6) is -0.151. The van der Waals surface area contributed by atoms with Crippen molar-refractivity contribution in [1.82, 2.24) is 5.32 Å². The Kier molecular flexibility index (Phi) is 6.76. The zero-order valence-electron chi connectivity index (χ0n) is 20.8. The average molecular weight is 516 g/mol. The van der Waals surface area contributed by atoms with E-state index in [9.17, 15) is 9.59 Å². The van der Waals surface area contributed by atoms with Crippen molar-refractivity contribution in [3.63, 3.8) is 0 Å². The van der Waals surface area contributed by atoms with Crippen molar-refractivity contribution in [2.24, 2.45) is 0 Å². The van der Waals surface area contributed by atoms with Crippen LogP contribution in [0.5, 0.6) is 11.5 Å². The lowest BCUT2D eigenvalue weighted by Crippen LogP contribution is -2.29. The smallest absolute Gasteiger partial charge is 0.336 e. The predicted molar refractivity (Wildman–Crippen MR) is 142 cm³/mol. The maximum Gasteiger partial charge on any atom is 0.336 e. The van der Waals surface area contributed by atoms with Gasteiger partial charge in [0.2, 0.25) is 0 Å². The number of dihydropyridines is 1. The van der Waals surface area contributed by atoms with E-state index < -0.39 is 11.9 Å². The van der Waals surface area contributed by atoms with Crippen LogP contribution in [0.25, 0.3) is 5.70 Å². The number of carbonyl (C=O) groups is 2. The Bertz CT molecular complexity index is 1460. The van der Waals surface area contributed by atoms with Gasteiger partial charge in [-0.05, 0) is 49.2 Å². The minimum Gasteiger partial charge on any atom is -0.490 e. The second-order valence-electron chi connectivity index (χ2n) is 8.81. The zero-order chi connectivity index (χ0) is 26.1. The summed E-state index contributed by atoms with van der Waals surface area (Å²) in [6, 6.07) is 20.4. The van der Waals surface area contributed by atoms with E-state index in [1.807, 2.05) is 74.5 Å². The first-order valence-corrected chi connectivity index (χ1v) is 12.4. The Hall–Kier alpha value is -4.03. The van der Waals surface area contributed by atoms with E-state index in [0.717, 1.165) is 22.4 Å². The van der Waals surface area contributed by atoms with Crippen molar-refractivity contribution in [1.29, 1.82) is 0 Å². The Labute approximate surface area is 220 Å². The maximum atomic E-state index is 13.6. The SMILES string of the molecule is CCOc1cc([C@@H]2C(C(=O)OC)=C(C)NC3=C2C(=O)c2ccccc23)ccc1OCc1ccc(Cl)cc1. The van der Waals surface area contributed by atoms with Crippen molar-refractivity contribution >= 4 is 29.1 Å². The third-order valence-electron chi connectivity index (χ3n) is 6.56. The monoisotopic (exact) mass is 515 g/mol. The summed E-state index contributed by atoms with van der Waals surface area (Å²) in [7, 11) is 1.34. The summed E-state index contributed by atoms with van der Waals surface area (Å²) < 4.78 is 17.1. The molecule has 0 aromatic heterocycles. The van der Waals surface area contributed by atoms with Gasteiger partial charge in [-0.3, -0.25) is 4.79 Å². The Morgan fingerprint density at radius 2 is 1.70 bits per heavy atom. The molecule has 0 fully saturated rings. The number of hydrogen-bond acceptors (Lipinski definition) is 6. The number of halogens is 1. The molecule has 6 nitrogen and oxygen atoms in total. The van der Waals surface area contributed by atoms with Crippen molar-refractivity contribution in [3.8, 4) is 11.5 Å². The minimum absolute atomic E-state index is 0.113. The molecule has 0 saturated heterocycles. The third-order valence-corrected chi connectivity index (χ3v) is 6.81. The molecule has 3 aromatic carbocycles. The van der Waals surface area contributed by atoms with Crippen molar-refractivity contribution in [3.05, 3.63) is 111 Å². The summed E-state index contributed by atoms with van der Waals surface area (Å²) in [5, 5.41) is 3.96. The molecule has 0 radical (unpaired) electrons. The van der Waals surface area contributed by atoms with E-state index in [4.69, 9.17) is 25.8 Å². The fourth-order valence-corrected chi connectivity index (χ4v) is 5.00. The molecule has 5 rings (SSSR count). The quantitative estimate of drug-likeness (QED) is 0.386. The molecule has 0 saturated carbocycles. The Morgan fingerprint density at radius 1 is 0.973 bits per heavy atom. The molecule has 0 bridgehead atoms. The highest BCUT2D eigenvalue weighted by molar-refractivity contribution is 6.30. The number of hydrogen-bond donors (Lipinski definition) is 1. The second kappa shape index (κ2) is 10.1. The highest BCUT2D eigenvalue weighted by Crippen LogP contribution is 2.48. The molecular weight excluding hydrogens is 490 g/mol. The van der Waals surface area contributed by atoms with Crippen LogP contribution in [0.15, 0.2) is 83.6 Å². The zero-order valence-corrected chi connectivity index (χ0v) is 21.5. The highest BCUT2D eigenvalue weighted by Gasteiger charge is 2.43. The van der Waals surface area contributed by atoms with E-state index in [1.165, 1.54) is 7.11 Å². The molecule has 2 aliphatic rings. The lowest BCUT2D eigenvalue weighted by molar-refractivity contribution is -0.136. The van der Waals surface area contributed by atoms with Gasteiger partial charge in [0, 0.05) is 33.3 Å². The summed E-state index contributed by atoms with van der Waals surface area (Å²) in [5.41, 5.74) is 5.39. The summed E-state index contributed by atoms with van der Waals surface area (Å²) in [6.07, 6.45) is 0. The van der Waals surface area contributed by atoms with Gasteiger partial charge in [0.25, 0.3) is 0 Å². The first-order valence-electron chi connectivity index (χ1n) is 12.0. The van der Waals surface area contributed by atoms with Crippen molar-refractivity contribution < 1.29 is 23.8 Å². The molecule has 37 heavy (non-hydrogen) atoms. The molecule has 1 atom stereocenters. The Balaban J connectivity index is 1.57. The van der Waals surface area contributed by atoms with Crippen LogP contribution in [0.1, 0.15) is 46.8 Å². The average Bonchev–Trinajstić information content (AvgIpc) is 3.19. The standard InChI is InChI=1S/C30H26ClNO5/c1-4-36-24-15-19(11-14-23(24)37-16-18-9-12-20(31)13-10-18)26-25(30(34)35-3)17(2)32-28-21-7-5-6-8-22(21)29(33)27(26)28/h5-15,26,32H,4,16H2,1-3H3/t26-/m1/s1. The number of rotatable bonds is 7. The number of fused-ring (bicyclic) bond motifs is 2. The van der Waals surface area contributed by atoms with Crippen molar-refractivity contribution in [2.75, 3.05) is 13.7 Å². The van der Waals surface area contributed by atoms with Crippen molar-refractivity contribution in [2.45, 2.75) is 26.4 Å². The van der Waals surface area contributed by atoms with E-state index in [1.54, 1.807) is 6.07 Å². The molecule has 1 aliphatic heterocycles. The van der Waals surface area contributed by atoms with Crippen LogP contribution in [-0.4, -0.2) is 25.5 Å². The molecule has 188 valence electrons. The van der Waals surface area contributed by atoms with Gasteiger partial charge in [0.1, 0.15) is 6.61 Å². The molecule has 1 aliphatic carbocycles. The fraction of sp³-hybridized carbons (Fsp3) is 0.200. The van der Waals surface area contributed by atoms with Gasteiger partial charge in [0.05, 0.1) is 25.0 Å². The third kappa shape index (κ3) is 4.49. The van der Waals surface area contributed by atoms with Crippen LogP contribution >= 0.6 is 11.6 Å². The van der Waals surface area contributed by atoms with Gasteiger partial charge in [-0.2, -0.15) is 0 Å². The summed E-state index contributed by atoms with van der Waals surface area (Å²) in [6.45, 7) is 4.47. The van der Waals surface area contributed by atoms with Crippen LogP contribution in [0.2, 0.25) is 5.02 Å². The van der Waals surface area contributed by atoms with Crippen LogP contribution < -0.4 is 14.8 Å². The largest absolute Gasteiger partial charge is 0.490 e. The van der Waals surface area contributed by atoms with Crippen LogP contribution in [0.3, 0.4) is 0 Å². The van der Waals surface area contributed by atoms with E-state index in [0.29, 0.717) is 52.1 Å². The minimum atomic E-state index is -0.631. The number of Topliss-reactive ketones (excluding diaryl/α,β-unsaturated/α-hetero) is 1. The number of ether oxygens (including phenoxy) is 3. The topological polar surface area (TPSA) is 73.9 Å². The number of benzene rings is 3. The fourth-order valence-electron chi connectivity index (χ4n) is 4.88. The van der Waals surface area contributed by atoms with Gasteiger partial charge >= 0.3 is 5.97 Å². The van der Waals surface area contributed by atoms with Gasteiger partial charge in [-0.1, -0.05) is 54.1 Å². The molecule has 1 heterocycles. The number of allylic oxidation sites excluding steroid dienone is 2. The Morgan fingerprint density at radius 3 is 2.41 bits per heavy atom. The van der Waals surface area contributed by atoms with Crippen LogP contribution in [-0.2, 0) is 16.1 Å². The molecular formula is C30H26ClNO5. The first kappa shape index (κ1) is 24.7. The summed E-state index contributed by atoms with van der Waals surface area (Å²) >= 11 is 5.99. The molecule has 0 unspecified atom stereocenters. The maximum absolute atomic E-state index is 13.6. The highest BCUT2D eigenvalue weighted by atomic mass is 35.5. The number of nitrogens with one attached hydrogen (secondary N) is 1. The second-order valence-corrected chi connectivity index (χ2v) is 9.24. The van der Waals surface area contributed by atoms with Crippen LogP contribution in [0, 0.1) is 0 Å². The van der Waals surface area contributed by atoms with E-state index >= 15 is 0 Å². The molecule has 1 N–H and O–H groups in total. The molecule has 3 aromatic rings. The van der Waals surface area contributed by atoms with Gasteiger partial charge in [-0.25, -0.2) is 4.79 Å². The van der Waals surface area contributed by atoms with Crippen LogP contribution in [0.4, 0.5) is 0 Å². The van der Waals surface area contributed by atoms with Gasteiger partial charge in [0.15, 0.2) is 17.3 Å². The number of carbonyl (C=O) groups excluding carboxylic acids is 2. The van der Waals surface area contributed by atoms with E-state index in [2.05, 4.69) is 5.32 Å². The molecule has 0 amide bonds. The van der Waals surface area contributed by atoms with E-state index in [-0.39, 0.29) is 5.78 Å². The number of ketones is 1. The summed E-state index contributed by atoms with van der Waals surface area (Å²) in [4.78, 5) is 26.6. The molecule has 0 spiro atoms. The normalized spacial score (nSPS) is 16.2. The van der Waals surface area contributed by atoms with Gasteiger partial charge < -0.3 is 19.5 Å². The number of esters is 1. The lowest BCUT2D eigenvalue weighted by atomic mass is 9.79. The molecule has 7 heteroatoms. The first-order chi connectivity index (χ1) is 17.9. The van der Waals surface area contributed by atoms with Gasteiger partial charge in [-0.15, -0.1) is 0 Å².